The van der Waals surface area contributed by atoms with Gasteiger partial charge >= 0.3 is 5.97 Å². The summed E-state index contributed by atoms with van der Waals surface area (Å²) in [4.78, 5) is 22.3. The molecule has 0 aromatic heterocycles. The van der Waals surface area contributed by atoms with E-state index in [1.807, 2.05) is 0 Å². The van der Waals surface area contributed by atoms with E-state index in [9.17, 15) is 9.59 Å². The van der Waals surface area contributed by atoms with Crippen molar-refractivity contribution in [1.82, 2.24) is 10.6 Å². The van der Waals surface area contributed by atoms with Crippen LogP contribution in [0.2, 0.25) is 0 Å². The van der Waals surface area contributed by atoms with Crippen LogP contribution in [-0.2, 0) is 9.59 Å². The minimum atomic E-state index is -0.830. The molecule has 1 rings (SSSR count). The average molecular weight is 254 g/mol. The Morgan fingerprint density at radius 1 is 1.39 bits per heavy atom. The third-order valence-corrected chi connectivity index (χ3v) is 2.88. The van der Waals surface area contributed by atoms with Gasteiger partial charge in [-0.1, -0.05) is 26.0 Å². The number of hydrogen-bond acceptors (Lipinski definition) is 3. The van der Waals surface area contributed by atoms with Crippen molar-refractivity contribution in [3.63, 3.8) is 0 Å². The normalized spacial score (nSPS) is 22.4. The smallest absolute Gasteiger partial charge is 0.310 e. The van der Waals surface area contributed by atoms with Crippen LogP contribution in [0.3, 0.4) is 0 Å². The highest BCUT2D eigenvalue weighted by Gasteiger charge is 2.25. The van der Waals surface area contributed by atoms with Gasteiger partial charge in [0, 0.05) is 18.5 Å². The molecule has 0 spiro atoms. The molecule has 5 heteroatoms. The van der Waals surface area contributed by atoms with Gasteiger partial charge in [0.15, 0.2) is 0 Å². The number of hydrogen-bond donors (Lipinski definition) is 3. The fourth-order valence-electron chi connectivity index (χ4n) is 1.91. The molecule has 0 heterocycles. The lowest BCUT2D eigenvalue weighted by molar-refractivity contribution is -0.140. The maximum absolute atomic E-state index is 11.6. The second-order valence-electron chi connectivity index (χ2n) is 4.95. The summed E-state index contributed by atoms with van der Waals surface area (Å²) < 4.78 is 0. The molecule has 0 bridgehead atoms. The van der Waals surface area contributed by atoms with Crippen LogP contribution >= 0.6 is 0 Å². The molecule has 0 saturated heterocycles. The molecule has 1 amide bonds. The summed E-state index contributed by atoms with van der Waals surface area (Å²) >= 11 is 0. The minimum absolute atomic E-state index is 0.0127. The first-order valence-electron chi connectivity index (χ1n) is 6.43. The van der Waals surface area contributed by atoms with Crippen LogP contribution in [0.5, 0.6) is 0 Å². The zero-order chi connectivity index (χ0) is 13.5. The molecule has 2 atom stereocenters. The standard InChI is InChI=1S/C13H22N2O3/c1-9(2)14-7-3-4-12(16)15-11-6-5-10(8-11)13(17)18/h5-6,9-11,14H,3-4,7-8H2,1-2H3,(H,15,16)(H,17,18). The largest absolute Gasteiger partial charge is 0.481 e. The number of carbonyl (C=O) groups excluding carboxylic acids is 1. The Kier molecular flexibility index (Phi) is 5.85. The SMILES string of the molecule is CC(C)NCCCC(=O)NC1C=CC(C(=O)O)C1. The molecule has 0 radical (unpaired) electrons. The number of amides is 1. The van der Waals surface area contributed by atoms with Crippen molar-refractivity contribution in [2.45, 2.75) is 45.2 Å². The van der Waals surface area contributed by atoms with Gasteiger partial charge in [0.1, 0.15) is 0 Å². The highest BCUT2D eigenvalue weighted by molar-refractivity contribution is 5.77. The first-order valence-corrected chi connectivity index (χ1v) is 6.43. The topological polar surface area (TPSA) is 78.4 Å². The zero-order valence-corrected chi connectivity index (χ0v) is 11.0. The average Bonchev–Trinajstić information content (AvgIpc) is 2.72. The summed E-state index contributed by atoms with van der Waals surface area (Å²) in [6, 6.07) is 0.304. The van der Waals surface area contributed by atoms with E-state index in [2.05, 4.69) is 24.5 Å². The lowest BCUT2D eigenvalue weighted by Crippen LogP contribution is -2.34. The van der Waals surface area contributed by atoms with Crippen LogP contribution in [0.4, 0.5) is 0 Å². The van der Waals surface area contributed by atoms with E-state index in [1.165, 1.54) is 0 Å². The molecule has 1 aliphatic carbocycles. The van der Waals surface area contributed by atoms with Crippen molar-refractivity contribution in [3.05, 3.63) is 12.2 Å². The Balaban J connectivity index is 2.14. The second kappa shape index (κ2) is 7.16. The van der Waals surface area contributed by atoms with Gasteiger partial charge in [0.05, 0.1) is 5.92 Å². The summed E-state index contributed by atoms with van der Waals surface area (Å²) in [5.41, 5.74) is 0. The summed E-state index contributed by atoms with van der Waals surface area (Å²) in [5.74, 6) is -1.30. The molecule has 0 aliphatic heterocycles. The van der Waals surface area contributed by atoms with Gasteiger partial charge in [-0.3, -0.25) is 9.59 Å². The first kappa shape index (κ1) is 14.7. The Morgan fingerprint density at radius 2 is 2.11 bits per heavy atom. The van der Waals surface area contributed by atoms with E-state index in [0.29, 0.717) is 18.9 Å². The lowest BCUT2D eigenvalue weighted by Gasteiger charge is -2.12. The van der Waals surface area contributed by atoms with E-state index < -0.39 is 11.9 Å². The maximum Gasteiger partial charge on any atom is 0.310 e. The highest BCUT2D eigenvalue weighted by Crippen LogP contribution is 2.17. The van der Waals surface area contributed by atoms with Crippen molar-refractivity contribution < 1.29 is 14.7 Å². The molecule has 0 aromatic carbocycles. The van der Waals surface area contributed by atoms with E-state index in [1.54, 1.807) is 12.2 Å². The molecule has 0 aromatic rings. The van der Waals surface area contributed by atoms with Gasteiger partial charge in [0.2, 0.25) is 5.91 Å². The molecule has 102 valence electrons. The number of rotatable bonds is 7. The monoisotopic (exact) mass is 254 g/mol. The summed E-state index contributed by atoms with van der Waals surface area (Å²) in [6.45, 7) is 4.95. The summed E-state index contributed by atoms with van der Waals surface area (Å²) in [5, 5.41) is 14.9. The van der Waals surface area contributed by atoms with E-state index in [4.69, 9.17) is 5.11 Å². The predicted molar refractivity (Wildman–Crippen MR) is 69.2 cm³/mol. The zero-order valence-electron chi connectivity index (χ0n) is 11.0. The molecule has 0 fully saturated rings. The highest BCUT2D eigenvalue weighted by atomic mass is 16.4. The minimum Gasteiger partial charge on any atom is -0.481 e. The molecule has 18 heavy (non-hydrogen) atoms. The fraction of sp³-hybridized carbons (Fsp3) is 0.692. The Labute approximate surface area is 108 Å². The van der Waals surface area contributed by atoms with Crippen LogP contribution < -0.4 is 10.6 Å². The Bertz CT molecular complexity index is 326. The Hall–Kier alpha value is -1.36. The molecule has 1 aliphatic rings. The number of nitrogens with one attached hydrogen (secondary N) is 2. The lowest BCUT2D eigenvalue weighted by atomic mass is 10.1. The molecular weight excluding hydrogens is 232 g/mol. The van der Waals surface area contributed by atoms with Gasteiger partial charge in [-0.2, -0.15) is 0 Å². The van der Waals surface area contributed by atoms with Crippen molar-refractivity contribution in [1.29, 1.82) is 0 Å². The van der Waals surface area contributed by atoms with Gasteiger partial charge < -0.3 is 15.7 Å². The van der Waals surface area contributed by atoms with Crippen LogP contribution in [0.25, 0.3) is 0 Å². The molecule has 2 unspecified atom stereocenters. The third-order valence-electron chi connectivity index (χ3n) is 2.88. The molecule has 0 saturated carbocycles. The van der Waals surface area contributed by atoms with E-state index in [0.717, 1.165) is 13.0 Å². The van der Waals surface area contributed by atoms with Crippen LogP contribution in [-0.4, -0.2) is 35.6 Å². The molecule has 5 nitrogen and oxygen atoms in total. The van der Waals surface area contributed by atoms with Gasteiger partial charge in [-0.25, -0.2) is 0 Å². The number of carbonyl (C=O) groups is 2. The van der Waals surface area contributed by atoms with Crippen molar-refractivity contribution in [3.8, 4) is 0 Å². The van der Waals surface area contributed by atoms with Crippen LogP contribution in [0.15, 0.2) is 12.2 Å². The van der Waals surface area contributed by atoms with Crippen molar-refractivity contribution in [2.75, 3.05) is 6.54 Å². The fourth-order valence-corrected chi connectivity index (χ4v) is 1.91. The number of carboxylic acid groups (broad SMARTS) is 1. The third kappa shape index (κ3) is 5.31. The van der Waals surface area contributed by atoms with Crippen LogP contribution in [0.1, 0.15) is 33.1 Å². The van der Waals surface area contributed by atoms with Crippen molar-refractivity contribution in [2.24, 2.45) is 5.92 Å². The van der Waals surface area contributed by atoms with Crippen molar-refractivity contribution >= 4 is 11.9 Å². The van der Waals surface area contributed by atoms with E-state index in [-0.39, 0.29) is 11.9 Å². The Morgan fingerprint density at radius 3 is 2.67 bits per heavy atom. The van der Waals surface area contributed by atoms with Gasteiger partial charge in [-0.05, 0) is 19.4 Å². The number of aliphatic carboxylic acids is 1. The quantitative estimate of drug-likeness (QED) is 0.466. The van der Waals surface area contributed by atoms with Gasteiger partial charge in [-0.15, -0.1) is 0 Å². The van der Waals surface area contributed by atoms with Gasteiger partial charge in [0.25, 0.3) is 0 Å². The second-order valence-corrected chi connectivity index (χ2v) is 4.95. The summed E-state index contributed by atoms with van der Waals surface area (Å²) in [7, 11) is 0. The molecular formula is C13H22N2O3. The molecule has 3 N–H and O–H groups in total. The van der Waals surface area contributed by atoms with E-state index >= 15 is 0 Å². The summed E-state index contributed by atoms with van der Waals surface area (Å²) in [6.07, 6.45) is 5.15. The number of carboxylic acids is 1. The predicted octanol–water partition coefficient (Wildman–Crippen LogP) is 0.910. The first-order chi connectivity index (χ1) is 8.49. The van der Waals surface area contributed by atoms with Crippen LogP contribution in [0, 0.1) is 5.92 Å². The maximum atomic E-state index is 11.6.